The molecule has 0 unspecified atom stereocenters. The number of benzene rings is 2. The third kappa shape index (κ3) is 4.70. The Bertz CT molecular complexity index is 978. The molecule has 0 amide bonds. The van der Waals surface area contributed by atoms with Gasteiger partial charge in [-0.2, -0.15) is 13.2 Å². The lowest BCUT2D eigenvalue weighted by atomic mass is 10.1. The van der Waals surface area contributed by atoms with E-state index in [9.17, 15) is 18.0 Å². The van der Waals surface area contributed by atoms with Crippen molar-refractivity contribution in [2.24, 2.45) is 0 Å². The van der Waals surface area contributed by atoms with Crippen LogP contribution < -0.4 is 4.74 Å². The van der Waals surface area contributed by atoms with Crippen molar-refractivity contribution in [1.29, 1.82) is 0 Å². The molecule has 2 aromatic carbocycles. The van der Waals surface area contributed by atoms with E-state index in [0.29, 0.717) is 28.3 Å². The molecular formula is C20H16F3NO4. The highest BCUT2D eigenvalue weighted by Gasteiger charge is 2.30. The van der Waals surface area contributed by atoms with Gasteiger partial charge >= 0.3 is 12.1 Å². The summed E-state index contributed by atoms with van der Waals surface area (Å²) in [6.07, 6.45) is -4.52. The molecule has 0 spiro atoms. The topological polar surface area (TPSA) is 72.6 Å². The Hall–Kier alpha value is -3.29. The Kier molecular flexibility index (Phi) is 5.39. The first-order valence-corrected chi connectivity index (χ1v) is 8.30. The summed E-state index contributed by atoms with van der Waals surface area (Å²) in [6, 6.07) is 11.2. The Balaban J connectivity index is 1.72. The molecule has 28 heavy (non-hydrogen) atoms. The molecule has 3 aromatic rings. The number of ether oxygens (including phenoxy) is 1. The summed E-state index contributed by atoms with van der Waals surface area (Å²) >= 11 is 0. The Morgan fingerprint density at radius 3 is 2.54 bits per heavy atom. The molecule has 5 nitrogen and oxygen atoms in total. The summed E-state index contributed by atoms with van der Waals surface area (Å²) in [5, 5.41) is 8.85. The predicted octanol–water partition coefficient (Wildman–Crippen LogP) is 4.87. The van der Waals surface area contributed by atoms with Crippen molar-refractivity contribution in [3.8, 4) is 17.2 Å². The van der Waals surface area contributed by atoms with Gasteiger partial charge in [-0.25, -0.2) is 4.98 Å². The van der Waals surface area contributed by atoms with Crippen molar-refractivity contribution in [3.05, 3.63) is 71.1 Å². The van der Waals surface area contributed by atoms with Crippen LogP contribution in [0.4, 0.5) is 13.2 Å². The summed E-state index contributed by atoms with van der Waals surface area (Å²) in [4.78, 5) is 15.1. The van der Waals surface area contributed by atoms with Gasteiger partial charge in [0, 0.05) is 5.56 Å². The van der Waals surface area contributed by atoms with Gasteiger partial charge in [0.25, 0.3) is 0 Å². The Morgan fingerprint density at radius 2 is 1.89 bits per heavy atom. The molecule has 0 aliphatic heterocycles. The lowest BCUT2D eigenvalue weighted by Gasteiger charge is -2.06. The average molecular weight is 391 g/mol. The highest BCUT2D eigenvalue weighted by atomic mass is 19.4. The normalized spacial score (nSPS) is 11.4. The summed E-state index contributed by atoms with van der Waals surface area (Å²) in [5.74, 6) is 0.226. The van der Waals surface area contributed by atoms with Crippen LogP contribution in [-0.2, 0) is 24.0 Å². The molecule has 0 saturated carbocycles. The van der Waals surface area contributed by atoms with Crippen LogP contribution in [0.1, 0.15) is 22.6 Å². The number of oxazole rings is 1. The SMILES string of the molecule is Cc1oc(-c2ccc(C(F)(F)F)cc2)nc1COc1cccc(CC(=O)O)c1. The van der Waals surface area contributed by atoms with Crippen LogP contribution in [-0.4, -0.2) is 16.1 Å². The zero-order chi connectivity index (χ0) is 20.3. The number of alkyl halides is 3. The molecule has 0 fully saturated rings. The van der Waals surface area contributed by atoms with E-state index in [1.807, 2.05) is 0 Å². The third-order valence-corrected chi connectivity index (χ3v) is 3.98. The number of aliphatic carboxylic acids is 1. The standard InChI is InChI=1S/C20H16F3NO4/c1-12-17(11-27-16-4-2-3-13(9-16)10-18(25)26)24-19(28-12)14-5-7-15(8-6-14)20(21,22)23/h2-9H,10-11H2,1H3,(H,25,26). The van der Waals surface area contributed by atoms with Crippen LogP contribution in [0, 0.1) is 6.92 Å². The quantitative estimate of drug-likeness (QED) is 0.649. The van der Waals surface area contributed by atoms with Crippen molar-refractivity contribution in [3.63, 3.8) is 0 Å². The van der Waals surface area contributed by atoms with Crippen molar-refractivity contribution in [2.45, 2.75) is 26.1 Å². The minimum Gasteiger partial charge on any atom is -0.487 e. The van der Waals surface area contributed by atoms with E-state index in [1.54, 1.807) is 31.2 Å². The van der Waals surface area contributed by atoms with E-state index < -0.39 is 17.7 Å². The summed E-state index contributed by atoms with van der Waals surface area (Å²) in [7, 11) is 0. The van der Waals surface area contributed by atoms with E-state index in [4.69, 9.17) is 14.3 Å². The fourth-order valence-electron chi connectivity index (χ4n) is 2.56. The molecule has 0 aliphatic rings. The number of aryl methyl sites for hydroxylation is 1. The first-order chi connectivity index (χ1) is 13.2. The fourth-order valence-corrected chi connectivity index (χ4v) is 2.56. The van der Waals surface area contributed by atoms with Crippen LogP contribution in [0.3, 0.4) is 0 Å². The van der Waals surface area contributed by atoms with Gasteiger partial charge in [-0.3, -0.25) is 4.79 Å². The minimum absolute atomic E-state index is 0.0759. The van der Waals surface area contributed by atoms with Crippen molar-refractivity contribution in [2.75, 3.05) is 0 Å². The maximum Gasteiger partial charge on any atom is 0.416 e. The number of halogens is 3. The number of carbonyl (C=O) groups is 1. The van der Waals surface area contributed by atoms with Crippen LogP contribution in [0.25, 0.3) is 11.5 Å². The van der Waals surface area contributed by atoms with E-state index >= 15 is 0 Å². The minimum atomic E-state index is -4.40. The Labute approximate surface area is 158 Å². The smallest absolute Gasteiger partial charge is 0.416 e. The lowest BCUT2D eigenvalue weighted by Crippen LogP contribution is -2.04. The zero-order valence-electron chi connectivity index (χ0n) is 14.8. The monoisotopic (exact) mass is 391 g/mol. The molecule has 0 saturated heterocycles. The van der Waals surface area contributed by atoms with Crippen LogP contribution in [0.15, 0.2) is 52.9 Å². The number of nitrogens with zero attached hydrogens (tertiary/aromatic N) is 1. The molecule has 8 heteroatoms. The summed E-state index contributed by atoms with van der Waals surface area (Å²) in [5.41, 5.74) is 0.779. The largest absolute Gasteiger partial charge is 0.487 e. The first kappa shape index (κ1) is 19.5. The highest BCUT2D eigenvalue weighted by Crippen LogP contribution is 2.31. The van der Waals surface area contributed by atoms with Gasteiger partial charge in [0.1, 0.15) is 23.8 Å². The van der Waals surface area contributed by atoms with Gasteiger partial charge in [0.2, 0.25) is 5.89 Å². The number of hydrogen-bond acceptors (Lipinski definition) is 4. The van der Waals surface area contributed by atoms with E-state index in [1.165, 1.54) is 12.1 Å². The molecule has 1 N–H and O–H groups in total. The second-order valence-electron chi connectivity index (χ2n) is 6.10. The van der Waals surface area contributed by atoms with E-state index in [2.05, 4.69) is 4.98 Å². The Morgan fingerprint density at radius 1 is 1.18 bits per heavy atom. The van der Waals surface area contributed by atoms with Crippen molar-refractivity contribution < 1.29 is 32.2 Å². The maximum atomic E-state index is 12.7. The molecular weight excluding hydrogens is 375 g/mol. The number of hydrogen-bond donors (Lipinski definition) is 1. The second kappa shape index (κ2) is 7.75. The van der Waals surface area contributed by atoms with E-state index in [-0.39, 0.29) is 18.9 Å². The fraction of sp³-hybridized carbons (Fsp3) is 0.200. The summed E-state index contributed by atoms with van der Waals surface area (Å²) < 4.78 is 49.2. The molecule has 1 aromatic heterocycles. The van der Waals surface area contributed by atoms with Crippen molar-refractivity contribution >= 4 is 5.97 Å². The van der Waals surface area contributed by atoms with Gasteiger partial charge in [-0.15, -0.1) is 0 Å². The van der Waals surface area contributed by atoms with Gasteiger partial charge in [-0.05, 0) is 48.9 Å². The third-order valence-electron chi connectivity index (χ3n) is 3.98. The van der Waals surface area contributed by atoms with E-state index in [0.717, 1.165) is 12.1 Å². The highest BCUT2D eigenvalue weighted by molar-refractivity contribution is 5.70. The molecule has 3 rings (SSSR count). The van der Waals surface area contributed by atoms with Crippen LogP contribution in [0.2, 0.25) is 0 Å². The first-order valence-electron chi connectivity index (χ1n) is 8.30. The maximum absolute atomic E-state index is 12.7. The second-order valence-corrected chi connectivity index (χ2v) is 6.10. The predicted molar refractivity (Wildman–Crippen MR) is 93.8 cm³/mol. The summed E-state index contributed by atoms with van der Waals surface area (Å²) in [6.45, 7) is 1.76. The number of carboxylic acids is 1. The van der Waals surface area contributed by atoms with Gasteiger partial charge < -0.3 is 14.3 Å². The van der Waals surface area contributed by atoms with Crippen LogP contribution in [0.5, 0.6) is 5.75 Å². The number of rotatable bonds is 6. The average Bonchev–Trinajstić information content (AvgIpc) is 3.00. The molecule has 0 aliphatic carbocycles. The zero-order valence-corrected chi connectivity index (χ0v) is 14.8. The number of aromatic nitrogens is 1. The molecule has 0 atom stereocenters. The molecule has 1 heterocycles. The lowest BCUT2D eigenvalue weighted by molar-refractivity contribution is -0.138. The van der Waals surface area contributed by atoms with Crippen LogP contribution >= 0.6 is 0 Å². The molecule has 146 valence electrons. The van der Waals surface area contributed by atoms with Crippen molar-refractivity contribution in [1.82, 2.24) is 4.98 Å². The van der Waals surface area contributed by atoms with Gasteiger partial charge in [0.05, 0.1) is 12.0 Å². The van der Waals surface area contributed by atoms with Gasteiger partial charge in [-0.1, -0.05) is 12.1 Å². The van der Waals surface area contributed by atoms with Gasteiger partial charge in [0.15, 0.2) is 0 Å². The number of carboxylic acid groups (broad SMARTS) is 1. The molecule has 0 radical (unpaired) electrons. The molecule has 0 bridgehead atoms.